The molecule has 1 atom stereocenters. The standard InChI is InChI=1S/C21H24ClN3O3S/c1-13(28-17-8-6-5-7-16(17)22)18(26)23-14-9-11-15(12-10-14)24-20(29)25-19(27)21(2,3)4/h5-13H,1-4H3,(H,23,26)(H2,24,25,27,29). The average molecular weight is 434 g/mol. The fourth-order valence-electron chi connectivity index (χ4n) is 2.12. The molecule has 0 bridgehead atoms. The summed E-state index contributed by atoms with van der Waals surface area (Å²) in [6.45, 7) is 7.06. The van der Waals surface area contributed by atoms with Crippen LogP contribution in [-0.2, 0) is 9.59 Å². The van der Waals surface area contributed by atoms with Gasteiger partial charge in [-0.2, -0.15) is 0 Å². The third-order valence-electron chi connectivity index (χ3n) is 3.83. The van der Waals surface area contributed by atoms with Crippen molar-refractivity contribution in [3.63, 3.8) is 0 Å². The summed E-state index contributed by atoms with van der Waals surface area (Å²) < 4.78 is 5.61. The highest BCUT2D eigenvalue weighted by Gasteiger charge is 2.22. The molecule has 2 rings (SSSR count). The van der Waals surface area contributed by atoms with Gasteiger partial charge in [0.25, 0.3) is 5.91 Å². The first-order valence-corrected chi connectivity index (χ1v) is 9.79. The maximum Gasteiger partial charge on any atom is 0.265 e. The zero-order valence-electron chi connectivity index (χ0n) is 16.7. The number of rotatable bonds is 5. The molecule has 0 heterocycles. The molecule has 3 N–H and O–H groups in total. The lowest BCUT2D eigenvalue weighted by Crippen LogP contribution is -2.41. The molecule has 6 nitrogen and oxygen atoms in total. The largest absolute Gasteiger partial charge is 0.479 e. The minimum atomic E-state index is -0.729. The van der Waals surface area contributed by atoms with Gasteiger partial charge in [-0.3, -0.25) is 9.59 Å². The topological polar surface area (TPSA) is 79.5 Å². The molecule has 0 aliphatic carbocycles. The average Bonchev–Trinajstić information content (AvgIpc) is 2.64. The molecule has 0 aromatic heterocycles. The van der Waals surface area contributed by atoms with Gasteiger partial charge in [-0.15, -0.1) is 0 Å². The van der Waals surface area contributed by atoms with E-state index in [2.05, 4.69) is 16.0 Å². The summed E-state index contributed by atoms with van der Waals surface area (Å²) in [7, 11) is 0. The number of hydrogen-bond donors (Lipinski definition) is 3. The van der Waals surface area contributed by atoms with Crippen molar-refractivity contribution in [1.29, 1.82) is 0 Å². The lowest BCUT2D eigenvalue weighted by molar-refractivity contribution is -0.127. The number of hydrogen-bond acceptors (Lipinski definition) is 4. The van der Waals surface area contributed by atoms with Crippen LogP contribution < -0.4 is 20.7 Å². The van der Waals surface area contributed by atoms with E-state index in [1.807, 2.05) is 0 Å². The number of benzene rings is 2. The Morgan fingerprint density at radius 3 is 2.10 bits per heavy atom. The van der Waals surface area contributed by atoms with Crippen molar-refractivity contribution in [2.45, 2.75) is 33.8 Å². The van der Waals surface area contributed by atoms with Gasteiger partial charge in [-0.05, 0) is 55.5 Å². The molecule has 0 aliphatic heterocycles. The highest BCUT2D eigenvalue weighted by molar-refractivity contribution is 7.80. The van der Waals surface area contributed by atoms with Gasteiger partial charge in [0.05, 0.1) is 5.02 Å². The van der Waals surface area contributed by atoms with E-state index in [9.17, 15) is 9.59 Å². The lowest BCUT2D eigenvalue weighted by atomic mass is 9.96. The van der Waals surface area contributed by atoms with Crippen LogP contribution in [0.3, 0.4) is 0 Å². The van der Waals surface area contributed by atoms with Gasteiger partial charge in [0.15, 0.2) is 11.2 Å². The Morgan fingerprint density at radius 2 is 1.55 bits per heavy atom. The third kappa shape index (κ3) is 7.03. The molecule has 29 heavy (non-hydrogen) atoms. The van der Waals surface area contributed by atoms with Crippen molar-refractivity contribution in [3.05, 3.63) is 53.6 Å². The first kappa shape index (κ1) is 22.6. The molecular weight excluding hydrogens is 410 g/mol. The van der Waals surface area contributed by atoms with Crippen LogP contribution in [0.2, 0.25) is 5.02 Å². The zero-order valence-corrected chi connectivity index (χ0v) is 18.3. The Morgan fingerprint density at radius 1 is 1.00 bits per heavy atom. The number of anilines is 2. The van der Waals surface area contributed by atoms with Crippen LogP contribution in [0.15, 0.2) is 48.5 Å². The second kappa shape index (κ2) is 9.71. The summed E-state index contributed by atoms with van der Waals surface area (Å²) in [4.78, 5) is 24.3. The number of nitrogens with one attached hydrogen (secondary N) is 3. The molecule has 0 aliphatic rings. The van der Waals surface area contributed by atoms with Crippen LogP contribution in [0.1, 0.15) is 27.7 Å². The predicted molar refractivity (Wildman–Crippen MR) is 120 cm³/mol. The van der Waals surface area contributed by atoms with E-state index < -0.39 is 11.5 Å². The molecule has 1 unspecified atom stereocenters. The minimum absolute atomic E-state index is 0.175. The van der Waals surface area contributed by atoms with Crippen molar-refractivity contribution < 1.29 is 14.3 Å². The van der Waals surface area contributed by atoms with Gasteiger partial charge in [-0.25, -0.2) is 0 Å². The van der Waals surface area contributed by atoms with Crippen molar-refractivity contribution in [2.24, 2.45) is 5.41 Å². The Balaban J connectivity index is 1.89. The van der Waals surface area contributed by atoms with Gasteiger partial charge in [0.1, 0.15) is 5.75 Å². The van der Waals surface area contributed by atoms with Crippen LogP contribution in [0.4, 0.5) is 11.4 Å². The van der Waals surface area contributed by atoms with E-state index in [-0.39, 0.29) is 16.9 Å². The summed E-state index contributed by atoms with van der Waals surface area (Å²) in [6.07, 6.45) is -0.729. The van der Waals surface area contributed by atoms with Gasteiger partial charge >= 0.3 is 0 Å². The lowest BCUT2D eigenvalue weighted by Gasteiger charge is -2.18. The fraction of sp³-hybridized carbons (Fsp3) is 0.286. The second-order valence-electron chi connectivity index (χ2n) is 7.42. The van der Waals surface area contributed by atoms with Crippen molar-refractivity contribution >= 4 is 52.1 Å². The number of amides is 2. The van der Waals surface area contributed by atoms with Crippen molar-refractivity contribution in [1.82, 2.24) is 5.32 Å². The maximum atomic E-state index is 12.3. The molecule has 154 valence electrons. The third-order valence-corrected chi connectivity index (χ3v) is 4.34. The molecule has 0 radical (unpaired) electrons. The van der Waals surface area contributed by atoms with Crippen molar-refractivity contribution in [2.75, 3.05) is 10.6 Å². The highest BCUT2D eigenvalue weighted by Crippen LogP contribution is 2.24. The van der Waals surface area contributed by atoms with Crippen LogP contribution >= 0.6 is 23.8 Å². The number of ether oxygens (including phenoxy) is 1. The molecule has 0 saturated carbocycles. The summed E-state index contributed by atoms with van der Waals surface area (Å²) in [5.74, 6) is -0.0350. The summed E-state index contributed by atoms with van der Waals surface area (Å²) in [5.41, 5.74) is 0.741. The highest BCUT2D eigenvalue weighted by atomic mass is 35.5. The Labute approximate surface area is 181 Å². The van der Waals surface area contributed by atoms with E-state index >= 15 is 0 Å². The molecule has 2 aromatic rings. The Hall–Kier alpha value is -2.64. The number of thiocarbonyl (C=S) groups is 1. The van der Waals surface area contributed by atoms with Gasteiger partial charge < -0.3 is 20.7 Å². The number of carbonyl (C=O) groups excluding carboxylic acids is 2. The zero-order chi connectivity index (χ0) is 21.6. The summed E-state index contributed by atoms with van der Waals surface area (Å²) in [5, 5.41) is 9.01. The van der Waals surface area contributed by atoms with Gasteiger partial charge in [0.2, 0.25) is 5.91 Å². The van der Waals surface area contributed by atoms with E-state index in [0.717, 1.165) is 0 Å². The van der Waals surface area contributed by atoms with Crippen LogP contribution in [0.5, 0.6) is 5.75 Å². The van der Waals surface area contributed by atoms with Crippen LogP contribution in [0.25, 0.3) is 0 Å². The first-order valence-electron chi connectivity index (χ1n) is 9.01. The smallest absolute Gasteiger partial charge is 0.265 e. The van der Waals surface area contributed by atoms with Gasteiger partial charge in [-0.1, -0.05) is 44.5 Å². The molecule has 8 heteroatoms. The number of carbonyl (C=O) groups is 2. The van der Waals surface area contributed by atoms with E-state index in [1.165, 1.54) is 0 Å². The predicted octanol–water partition coefficient (Wildman–Crippen LogP) is 4.61. The minimum Gasteiger partial charge on any atom is -0.479 e. The quantitative estimate of drug-likeness (QED) is 0.600. The SMILES string of the molecule is CC(Oc1ccccc1Cl)C(=O)Nc1ccc(NC(=S)NC(=O)C(C)(C)C)cc1. The van der Waals surface area contributed by atoms with E-state index in [1.54, 1.807) is 76.2 Å². The summed E-state index contributed by atoms with van der Waals surface area (Å²) in [6, 6.07) is 13.9. The van der Waals surface area contributed by atoms with Crippen LogP contribution in [-0.4, -0.2) is 23.0 Å². The van der Waals surface area contributed by atoms with E-state index in [4.69, 9.17) is 28.6 Å². The number of para-hydroxylation sites is 1. The normalized spacial score (nSPS) is 11.9. The second-order valence-corrected chi connectivity index (χ2v) is 8.23. The Bertz CT molecular complexity index is 895. The maximum absolute atomic E-state index is 12.3. The Kier molecular flexibility index (Phi) is 7.59. The first-order chi connectivity index (χ1) is 13.6. The summed E-state index contributed by atoms with van der Waals surface area (Å²) >= 11 is 11.2. The molecule has 2 aromatic carbocycles. The molecule has 0 saturated heterocycles. The molecule has 0 spiro atoms. The monoisotopic (exact) mass is 433 g/mol. The molecule has 2 amide bonds. The number of halogens is 1. The molecular formula is C21H24ClN3O3S. The van der Waals surface area contributed by atoms with E-state index in [0.29, 0.717) is 22.1 Å². The molecule has 0 fully saturated rings. The van der Waals surface area contributed by atoms with Crippen molar-refractivity contribution in [3.8, 4) is 5.75 Å². The van der Waals surface area contributed by atoms with Crippen LogP contribution in [0, 0.1) is 5.41 Å². The fourth-order valence-corrected chi connectivity index (χ4v) is 2.51. The van der Waals surface area contributed by atoms with Gasteiger partial charge in [0, 0.05) is 16.8 Å².